The van der Waals surface area contributed by atoms with E-state index in [0.29, 0.717) is 63.8 Å². The molecule has 0 spiro atoms. The van der Waals surface area contributed by atoms with E-state index in [1.54, 1.807) is 0 Å². The lowest BCUT2D eigenvalue weighted by molar-refractivity contribution is 1.32. The minimum Gasteiger partial charge on any atom is -0.354 e. The van der Waals surface area contributed by atoms with E-state index in [1.807, 2.05) is 103 Å². The number of aromatic amines is 3. The molecular weight excluding hydrogens is 713 g/mol. The third-order valence-electron chi connectivity index (χ3n) is 8.22. The summed E-state index contributed by atoms with van der Waals surface area (Å²) in [7, 11) is 0. The van der Waals surface area contributed by atoms with E-state index >= 15 is 0 Å². The maximum Gasteiger partial charge on any atom is 0.0738 e. The van der Waals surface area contributed by atoms with E-state index in [1.165, 1.54) is 0 Å². The van der Waals surface area contributed by atoms with Crippen molar-refractivity contribution in [2.45, 2.75) is 0 Å². The molecular formula is C37H20Cl6N4. The second kappa shape index (κ2) is 12.0. The Morgan fingerprint density at radius 1 is 0.319 bits per heavy atom. The van der Waals surface area contributed by atoms with E-state index in [-0.39, 0.29) is 0 Å². The first-order valence-electron chi connectivity index (χ1n) is 14.5. The molecule has 0 aliphatic carbocycles. The minimum atomic E-state index is 0.478. The SMILES string of the molecule is Clc1cccc(Cl)c1-c1c2nc(c(-c3c(Cl)cccc3Cl)c3ccc([nH]3)c3ccc([nH]3)c(-c3c(Cl)cccc3Cl)c3ccc1[nH]3)C=C2. The third-order valence-corrected chi connectivity index (χ3v) is 10.1. The van der Waals surface area contributed by atoms with E-state index < -0.39 is 0 Å². The molecule has 0 amide bonds. The van der Waals surface area contributed by atoms with Gasteiger partial charge in [0.1, 0.15) is 0 Å². The van der Waals surface area contributed by atoms with E-state index in [0.717, 1.165) is 44.2 Å². The maximum absolute atomic E-state index is 6.87. The summed E-state index contributed by atoms with van der Waals surface area (Å²) in [5.41, 5.74) is 10.3. The van der Waals surface area contributed by atoms with Gasteiger partial charge in [0.05, 0.1) is 52.6 Å². The number of hydrogen-bond donors (Lipinski definition) is 3. The number of nitrogens with zero attached hydrogens (tertiary/aromatic N) is 1. The van der Waals surface area contributed by atoms with Gasteiger partial charge in [0, 0.05) is 55.4 Å². The normalized spacial score (nSPS) is 12.0. The van der Waals surface area contributed by atoms with Gasteiger partial charge in [-0.05, 0) is 84.9 Å². The molecule has 0 atom stereocenters. The number of fused-ring (bicyclic) bond motifs is 9. The fraction of sp³-hybridized carbons (Fsp3) is 0. The molecule has 3 aromatic carbocycles. The molecule has 0 saturated heterocycles. The van der Waals surface area contributed by atoms with Gasteiger partial charge < -0.3 is 15.0 Å². The van der Waals surface area contributed by atoms with Crippen LogP contribution >= 0.6 is 69.6 Å². The highest BCUT2D eigenvalue weighted by Gasteiger charge is 2.21. The Morgan fingerprint density at radius 2 is 0.596 bits per heavy atom. The van der Waals surface area contributed by atoms with Crippen LogP contribution in [-0.2, 0) is 0 Å². The summed E-state index contributed by atoms with van der Waals surface area (Å²) in [4.78, 5) is 16.0. The van der Waals surface area contributed by atoms with Crippen molar-refractivity contribution in [2.24, 2.45) is 0 Å². The molecule has 3 N–H and O–H groups in total. The summed E-state index contributed by atoms with van der Waals surface area (Å²) in [6, 6.07) is 28.3. The first-order valence-corrected chi connectivity index (χ1v) is 16.7. The Balaban J connectivity index is 1.62. The lowest BCUT2D eigenvalue weighted by atomic mass is 10.0. The number of benzene rings is 3. The van der Waals surface area contributed by atoms with Crippen LogP contribution in [0.15, 0.2) is 91.0 Å². The highest BCUT2D eigenvalue weighted by Crippen LogP contribution is 2.44. The first-order chi connectivity index (χ1) is 22.8. The van der Waals surface area contributed by atoms with E-state index in [2.05, 4.69) is 15.0 Å². The average molecular weight is 733 g/mol. The van der Waals surface area contributed by atoms with Crippen LogP contribution in [0, 0.1) is 0 Å². The molecule has 0 saturated carbocycles. The van der Waals surface area contributed by atoms with Gasteiger partial charge in [0.2, 0.25) is 0 Å². The van der Waals surface area contributed by atoms with Crippen molar-refractivity contribution in [3.8, 4) is 33.4 Å². The summed E-state index contributed by atoms with van der Waals surface area (Å²) >= 11 is 41.0. The van der Waals surface area contributed by atoms with Gasteiger partial charge in [-0.1, -0.05) is 87.8 Å². The van der Waals surface area contributed by atoms with Gasteiger partial charge >= 0.3 is 0 Å². The number of rotatable bonds is 3. The molecule has 5 heterocycles. The van der Waals surface area contributed by atoms with Crippen molar-refractivity contribution >= 4 is 115 Å². The molecule has 4 aromatic heterocycles. The lowest BCUT2D eigenvalue weighted by Crippen LogP contribution is -1.90. The fourth-order valence-electron chi connectivity index (χ4n) is 6.15. The Bertz CT molecular complexity index is 2500. The lowest BCUT2D eigenvalue weighted by Gasteiger charge is -2.10. The zero-order chi connectivity index (χ0) is 32.4. The highest BCUT2D eigenvalue weighted by atomic mass is 35.5. The van der Waals surface area contributed by atoms with Crippen LogP contribution in [0.3, 0.4) is 0 Å². The predicted octanol–water partition coefficient (Wildman–Crippen LogP) is 13.6. The van der Waals surface area contributed by atoms with Crippen molar-refractivity contribution in [3.63, 3.8) is 0 Å². The van der Waals surface area contributed by atoms with E-state index in [4.69, 9.17) is 74.6 Å². The molecule has 8 bridgehead atoms. The van der Waals surface area contributed by atoms with Gasteiger partial charge in [-0.3, -0.25) is 0 Å². The number of hydrogen-bond acceptors (Lipinski definition) is 1. The van der Waals surface area contributed by atoms with Gasteiger partial charge in [-0.15, -0.1) is 0 Å². The van der Waals surface area contributed by atoms with Crippen molar-refractivity contribution < 1.29 is 0 Å². The molecule has 0 unspecified atom stereocenters. The van der Waals surface area contributed by atoms with Crippen LogP contribution in [0.1, 0.15) is 11.4 Å². The zero-order valence-corrected chi connectivity index (χ0v) is 28.6. The summed E-state index contributed by atoms with van der Waals surface area (Å²) in [5, 5.41) is 2.97. The smallest absolute Gasteiger partial charge is 0.0738 e. The van der Waals surface area contributed by atoms with Gasteiger partial charge in [0.15, 0.2) is 0 Å². The standard InChI is InChI=1S/C37H20Cl6N4/c38-18-4-1-5-19(39)32(18)35-26-12-10-24(44-26)25-11-13-27(45-25)36(33-20(40)6-2-7-21(33)41)29-15-17-31(47-29)37(30-16-14-28(35)46-30)34-22(42)8-3-9-23(34)43/h1-17,44-46H. The van der Waals surface area contributed by atoms with Gasteiger partial charge in [-0.25, -0.2) is 4.98 Å². The summed E-state index contributed by atoms with van der Waals surface area (Å²) in [5.74, 6) is 0. The van der Waals surface area contributed by atoms with Crippen LogP contribution in [0.5, 0.6) is 0 Å². The van der Waals surface area contributed by atoms with Crippen molar-refractivity contribution in [3.05, 3.63) is 133 Å². The van der Waals surface area contributed by atoms with Crippen LogP contribution in [-0.4, -0.2) is 19.9 Å². The van der Waals surface area contributed by atoms with E-state index in [9.17, 15) is 0 Å². The van der Waals surface area contributed by atoms with Gasteiger partial charge in [0.25, 0.3) is 0 Å². The third kappa shape index (κ3) is 5.21. The van der Waals surface area contributed by atoms with Crippen molar-refractivity contribution in [1.82, 2.24) is 19.9 Å². The Kier molecular flexibility index (Phi) is 7.76. The average Bonchev–Trinajstić information content (AvgIpc) is 3.86. The summed E-state index contributed by atoms with van der Waals surface area (Å²) in [6.07, 6.45) is 3.89. The maximum atomic E-state index is 6.87. The number of H-pyrrole nitrogens is 3. The molecule has 47 heavy (non-hydrogen) atoms. The monoisotopic (exact) mass is 730 g/mol. The largest absolute Gasteiger partial charge is 0.354 e. The molecule has 0 radical (unpaired) electrons. The molecule has 0 fully saturated rings. The van der Waals surface area contributed by atoms with Crippen LogP contribution in [0.4, 0.5) is 0 Å². The second-order valence-electron chi connectivity index (χ2n) is 11.0. The minimum absolute atomic E-state index is 0.478. The molecule has 230 valence electrons. The summed E-state index contributed by atoms with van der Waals surface area (Å²) < 4.78 is 0. The molecule has 4 nitrogen and oxygen atoms in total. The van der Waals surface area contributed by atoms with Crippen LogP contribution < -0.4 is 0 Å². The van der Waals surface area contributed by atoms with Crippen LogP contribution in [0.25, 0.3) is 78.6 Å². The second-order valence-corrected chi connectivity index (χ2v) is 13.4. The fourth-order valence-corrected chi connectivity index (χ4v) is 7.91. The number of nitrogens with one attached hydrogen (secondary N) is 3. The molecule has 10 heteroatoms. The first kappa shape index (κ1) is 30.5. The topological polar surface area (TPSA) is 60.3 Å². The zero-order valence-electron chi connectivity index (χ0n) is 24.0. The van der Waals surface area contributed by atoms with Crippen molar-refractivity contribution in [1.29, 1.82) is 0 Å². The molecule has 1 aliphatic rings. The predicted molar refractivity (Wildman–Crippen MR) is 202 cm³/mol. The number of halogens is 6. The quantitative estimate of drug-likeness (QED) is 0.166. The number of aromatic nitrogens is 4. The Hall–Kier alpha value is -3.87. The van der Waals surface area contributed by atoms with Crippen molar-refractivity contribution in [2.75, 3.05) is 0 Å². The summed E-state index contributed by atoms with van der Waals surface area (Å²) in [6.45, 7) is 0. The molecule has 7 aromatic rings. The Labute approximate surface area is 298 Å². The van der Waals surface area contributed by atoms with Crippen LogP contribution in [0.2, 0.25) is 30.1 Å². The highest BCUT2D eigenvalue weighted by molar-refractivity contribution is 6.41. The van der Waals surface area contributed by atoms with Gasteiger partial charge in [-0.2, -0.15) is 0 Å². The molecule has 1 aliphatic heterocycles. The molecule has 8 rings (SSSR count). The Morgan fingerprint density at radius 3 is 0.957 bits per heavy atom.